The van der Waals surface area contributed by atoms with Gasteiger partial charge in [0.1, 0.15) is 5.54 Å². The molecule has 1 saturated carbocycles. The summed E-state index contributed by atoms with van der Waals surface area (Å²) < 4.78 is 0. The van der Waals surface area contributed by atoms with E-state index in [2.05, 4.69) is 24.5 Å². The predicted molar refractivity (Wildman–Crippen MR) is 102 cm³/mol. The van der Waals surface area contributed by atoms with E-state index in [1.165, 1.54) is 24.2 Å². The normalized spacial score (nSPS) is 18.8. The summed E-state index contributed by atoms with van der Waals surface area (Å²) in [7, 11) is 0. The van der Waals surface area contributed by atoms with Crippen molar-refractivity contribution in [2.45, 2.75) is 90.0 Å². The molecule has 1 aliphatic carbocycles. The number of rotatable bonds is 11. The first kappa shape index (κ1) is 20.7. The second kappa shape index (κ2) is 9.93. The highest BCUT2D eigenvalue weighted by atomic mass is 16.2. The number of urea groups is 1. The summed E-state index contributed by atoms with van der Waals surface area (Å²) in [5, 5.41) is 5.81. The highest BCUT2D eigenvalue weighted by Crippen LogP contribution is 2.35. The molecule has 2 aliphatic rings. The molecule has 0 atom stereocenters. The molecule has 0 unspecified atom stereocenters. The molecule has 6 nitrogen and oxygen atoms in total. The molecule has 2 rings (SSSR count). The summed E-state index contributed by atoms with van der Waals surface area (Å²) in [4.78, 5) is 37.7. The molecular formula is C20H35N3O3. The molecule has 0 aromatic carbocycles. The number of unbranched alkanes of at least 4 members (excludes halogenated alkanes) is 3. The van der Waals surface area contributed by atoms with Crippen LogP contribution in [0.2, 0.25) is 0 Å². The van der Waals surface area contributed by atoms with Crippen LogP contribution in [0.5, 0.6) is 0 Å². The van der Waals surface area contributed by atoms with Crippen molar-refractivity contribution in [3.8, 4) is 0 Å². The number of amides is 4. The van der Waals surface area contributed by atoms with Gasteiger partial charge in [-0.2, -0.15) is 0 Å². The van der Waals surface area contributed by atoms with Crippen LogP contribution in [0.3, 0.4) is 0 Å². The highest BCUT2D eigenvalue weighted by Gasteiger charge is 2.51. The number of carbonyl (C=O) groups excluding carboxylic acids is 3. The van der Waals surface area contributed by atoms with Crippen molar-refractivity contribution < 1.29 is 14.4 Å². The summed E-state index contributed by atoms with van der Waals surface area (Å²) in [5.41, 5.74) is -0.644. The highest BCUT2D eigenvalue weighted by molar-refractivity contribution is 6.07. The van der Waals surface area contributed by atoms with Crippen molar-refractivity contribution in [3.63, 3.8) is 0 Å². The molecule has 1 saturated heterocycles. The van der Waals surface area contributed by atoms with E-state index in [0.29, 0.717) is 25.9 Å². The second-order valence-electron chi connectivity index (χ2n) is 8.23. The van der Waals surface area contributed by atoms with Crippen LogP contribution >= 0.6 is 0 Å². The van der Waals surface area contributed by atoms with Gasteiger partial charge in [0.2, 0.25) is 5.91 Å². The van der Waals surface area contributed by atoms with E-state index >= 15 is 0 Å². The van der Waals surface area contributed by atoms with Crippen molar-refractivity contribution in [1.29, 1.82) is 0 Å². The fourth-order valence-electron chi connectivity index (χ4n) is 3.94. The van der Waals surface area contributed by atoms with E-state index in [9.17, 15) is 14.4 Å². The standard InChI is InChI=1S/C20H35N3O3/c1-16(2)10-5-3-4-8-14-21-17(24)11-9-15-23-18(25)20(22-19(23)26)12-6-7-13-20/h16H,3-15H2,1-2H3,(H,21,24)(H,22,26). The van der Waals surface area contributed by atoms with Gasteiger partial charge in [0.05, 0.1) is 0 Å². The maximum absolute atomic E-state index is 12.5. The van der Waals surface area contributed by atoms with Gasteiger partial charge in [-0.05, 0) is 31.6 Å². The van der Waals surface area contributed by atoms with Crippen LogP contribution in [-0.2, 0) is 9.59 Å². The SMILES string of the molecule is CC(C)CCCCCCNC(=O)CCCN1C(=O)NC2(CCCC2)C1=O. The number of nitrogens with zero attached hydrogens (tertiary/aromatic N) is 1. The monoisotopic (exact) mass is 365 g/mol. The molecule has 2 N–H and O–H groups in total. The zero-order valence-electron chi connectivity index (χ0n) is 16.4. The van der Waals surface area contributed by atoms with E-state index in [1.54, 1.807) is 0 Å². The largest absolute Gasteiger partial charge is 0.356 e. The Bertz CT molecular complexity index is 499. The van der Waals surface area contributed by atoms with E-state index in [-0.39, 0.29) is 17.8 Å². The lowest BCUT2D eigenvalue weighted by atomic mass is 9.98. The first-order valence-electron chi connectivity index (χ1n) is 10.4. The minimum atomic E-state index is -0.644. The maximum atomic E-state index is 12.5. The van der Waals surface area contributed by atoms with Crippen molar-refractivity contribution in [2.24, 2.45) is 5.92 Å². The van der Waals surface area contributed by atoms with Gasteiger partial charge in [0.25, 0.3) is 5.91 Å². The molecule has 0 aromatic rings. The Labute approximate surface area is 157 Å². The third kappa shape index (κ3) is 5.71. The Morgan fingerprint density at radius 3 is 2.50 bits per heavy atom. The lowest BCUT2D eigenvalue weighted by Gasteiger charge is -2.19. The number of nitrogens with one attached hydrogen (secondary N) is 2. The van der Waals surface area contributed by atoms with Crippen LogP contribution in [0, 0.1) is 5.92 Å². The Kier molecular flexibility index (Phi) is 7.91. The lowest BCUT2D eigenvalue weighted by molar-refractivity contribution is -0.131. The molecule has 4 amide bonds. The molecule has 0 bridgehead atoms. The van der Waals surface area contributed by atoms with Crippen LogP contribution in [0.15, 0.2) is 0 Å². The Hall–Kier alpha value is -1.59. The molecule has 1 spiro atoms. The second-order valence-corrected chi connectivity index (χ2v) is 8.23. The number of hydrogen-bond acceptors (Lipinski definition) is 3. The summed E-state index contributed by atoms with van der Waals surface area (Å²) in [6.07, 6.45) is 10.3. The van der Waals surface area contributed by atoms with Gasteiger partial charge in [-0.1, -0.05) is 52.4 Å². The van der Waals surface area contributed by atoms with Crippen molar-refractivity contribution >= 4 is 17.8 Å². The van der Waals surface area contributed by atoms with Crippen LogP contribution in [0.1, 0.15) is 84.5 Å². The molecule has 6 heteroatoms. The minimum Gasteiger partial charge on any atom is -0.356 e. The van der Waals surface area contributed by atoms with Gasteiger partial charge in [0, 0.05) is 19.5 Å². The molecular weight excluding hydrogens is 330 g/mol. The maximum Gasteiger partial charge on any atom is 0.325 e. The molecule has 148 valence electrons. The van der Waals surface area contributed by atoms with Crippen molar-refractivity contribution in [2.75, 3.05) is 13.1 Å². The van der Waals surface area contributed by atoms with E-state index in [1.807, 2.05) is 0 Å². The fraction of sp³-hybridized carbons (Fsp3) is 0.850. The van der Waals surface area contributed by atoms with Crippen LogP contribution in [0.25, 0.3) is 0 Å². The number of hydrogen-bond donors (Lipinski definition) is 2. The smallest absolute Gasteiger partial charge is 0.325 e. The topological polar surface area (TPSA) is 78.5 Å². The molecule has 1 heterocycles. The summed E-state index contributed by atoms with van der Waals surface area (Å²) in [5.74, 6) is 0.680. The zero-order valence-corrected chi connectivity index (χ0v) is 16.4. The first-order valence-corrected chi connectivity index (χ1v) is 10.4. The summed E-state index contributed by atoms with van der Waals surface area (Å²) in [6.45, 7) is 5.53. The Balaban J connectivity index is 1.54. The minimum absolute atomic E-state index is 0.00909. The summed E-state index contributed by atoms with van der Waals surface area (Å²) in [6, 6.07) is -0.293. The number of carbonyl (C=O) groups is 3. The van der Waals surface area contributed by atoms with Gasteiger partial charge in [0.15, 0.2) is 0 Å². The van der Waals surface area contributed by atoms with E-state index in [4.69, 9.17) is 0 Å². The zero-order chi connectivity index (χ0) is 19.0. The quantitative estimate of drug-likeness (QED) is 0.435. The molecule has 26 heavy (non-hydrogen) atoms. The predicted octanol–water partition coefficient (Wildman–Crippen LogP) is 3.35. The van der Waals surface area contributed by atoms with Crippen molar-refractivity contribution in [3.05, 3.63) is 0 Å². The Morgan fingerprint density at radius 2 is 1.81 bits per heavy atom. The number of imide groups is 1. The van der Waals surface area contributed by atoms with Crippen LogP contribution < -0.4 is 10.6 Å². The third-order valence-electron chi connectivity index (χ3n) is 5.52. The van der Waals surface area contributed by atoms with Crippen molar-refractivity contribution in [1.82, 2.24) is 15.5 Å². The summed E-state index contributed by atoms with van der Waals surface area (Å²) >= 11 is 0. The fourth-order valence-corrected chi connectivity index (χ4v) is 3.94. The first-order chi connectivity index (χ1) is 12.4. The van der Waals surface area contributed by atoms with Crippen LogP contribution in [0.4, 0.5) is 4.79 Å². The molecule has 1 aliphatic heterocycles. The van der Waals surface area contributed by atoms with Gasteiger partial charge < -0.3 is 10.6 Å². The molecule has 0 radical (unpaired) electrons. The van der Waals surface area contributed by atoms with Gasteiger partial charge in [-0.3, -0.25) is 14.5 Å². The van der Waals surface area contributed by atoms with Gasteiger partial charge >= 0.3 is 6.03 Å². The van der Waals surface area contributed by atoms with E-state index in [0.717, 1.165) is 44.4 Å². The van der Waals surface area contributed by atoms with E-state index < -0.39 is 5.54 Å². The third-order valence-corrected chi connectivity index (χ3v) is 5.52. The average molecular weight is 366 g/mol. The van der Waals surface area contributed by atoms with Gasteiger partial charge in [-0.25, -0.2) is 4.79 Å². The Morgan fingerprint density at radius 1 is 1.12 bits per heavy atom. The molecule has 2 fully saturated rings. The van der Waals surface area contributed by atoms with Gasteiger partial charge in [-0.15, -0.1) is 0 Å². The molecule has 0 aromatic heterocycles. The lowest BCUT2D eigenvalue weighted by Crippen LogP contribution is -2.44. The van der Waals surface area contributed by atoms with Crippen LogP contribution in [-0.4, -0.2) is 41.4 Å². The average Bonchev–Trinajstić information content (AvgIpc) is 3.14.